The maximum Gasteiger partial charge on any atom is 0.166 e. The monoisotopic (exact) mass is 609 g/mol. The van der Waals surface area contributed by atoms with Gasteiger partial charge in [0.2, 0.25) is 0 Å². The summed E-state index contributed by atoms with van der Waals surface area (Å²) in [4.78, 5) is 16.1. The molecule has 0 spiro atoms. The average Bonchev–Trinajstić information content (AvgIpc) is 3.29. The lowest BCUT2D eigenvalue weighted by Gasteiger charge is -2.48. The number of benzene rings is 1. The lowest BCUT2D eigenvalue weighted by atomic mass is 9.77. The first-order valence-electron chi connectivity index (χ1n) is 14.2. The van der Waals surface area contributed by atoms with E-state index in [4.69, 9.17) is 21.6 Å². The van der Waals surface area contributed by atoms with Crippen LogP contribution in [0.15, 0.2) is 42.9 Å². The molecule has 2 atom stereocenters. The molecule has 0 bridgehead atoms. The smallest absolute Gasteiger partial charge is 0.166 e. The van der Waals surface area contributed by atoms with Crippen molar-refractivity contribution in [3.63, 3.8) is 0 Å². The summed E-state index contributed by atoms with van der Waals surface area (Å²) in [5.74, 6) is 2.29. The predicted molar refractivity (Wildman–Crippen MR) is 166 cm³/mol. The van der Waals surface area contributed by atoms with Crippen molar-refractivity contribution in [2.45, 2.75) is 64.1 Å². The Bertz CT molecular complexity index is 1760. The second-order valence-corrected chi connectivity index (χ2v) is 15.0. The topological polar surface area (TPSA) is 126 Å². The zero-order valence-corrected chi connectivity index (χ0v) is 26.0. The molecule has 1 saturated heterocycles. The van der Waals surface area contributed by atoms with Crippen molar-refractivity contribution in [1.29, 1.82) is 0 Å². The number of aliphatic hydroxyl groups is 1. The molecule has 0 amide bonds. The van der Waals surface area contributed by atoms with Crippen molar-refractivity contribution in [3.8, 4) is 11.4 Å². The fourth-order valence-electron chi connectivity index (χ4n) is 6.19. The highest BCUT2D eigenvalue weighted by atomic mass is 35.5. The molecular weight excluding hydrogens is 574 g/mol. The molecule has 1 aliphatic carbocycles. The van der Waals surface area contributed by atoms with Crippen molar-refractivity contribution >= 4 is 49.5 Å². The van der Waals surface area contributed by atoms with E-state index in [-0.39, 0.29) is 23.8 Å². The summed E-state index contributed by atoms with van der Waals surface area (Å²) in [6.07, 6.45) is 7.94. The molecule has 222 valence electrons. The standard InChI is InChI=1S/C30H36ClN7O3S/c1-17(2)21-6-7-25(37-14-19(18(37)3)16-42(5,40)41)23-13-33-27(10-22(21)23)34-26-8-9-32-29(35-26)24-15-38(36-28(24)31)20-11-30(4,39)12-20/h6-10,13,15,17-20,39H,11-12,14,16H2,1-5H3,(H,32,33,34,35)/t18-,19-,20?,30?/m1/s1. The highest BCUT2D eigenvalue weighted by Crippen LogP contribution is 2.42. The highest BCUT2D eigenvalue weighted by Gasteiger charge is 2.40. The number of sulfone groups is 1. The molecule has 1 saturated carbocycles. The van der Waals surface area contributed by atoms with Crippen LogP contribution < -0.4 is 10.2 Å². The van der Waals surface area contributed by atoms with Gasteiger partial charge in [0.1, 0.15) is 21.5 Å². The number of aromatic nitrogens is 5. The van der Waals surface area contributed by atoms with Crippen LogP contribution in [0, 0.1) is 5.92 Å². The van der Waals surface area contributed by atoms with Crippen LogP contribution in [0.25, 0.3) is 22.2 Å². The molecule has 4 aromatic rings. The van der Waals surface area contributed by atoms with E-state index >= 15 is 0 Å². The summed E-state index contributed by atoms with van der Waals surface area (Å²) in [5.41, 5.74) is 2.23. The molecule has 2 N–H and O–H groups in total. The fraction of sp³-hybridized carbons (Fsp3) is 0.467. The third kappa shape index (κ3) is 5.57. The highest BCUT2D eigenvalue weighted by molar-refractivity contribution is 7.90. The van der Waals surface area contributed by atoms with E-state index in [0.717, 1.165) is 16.5 Å². The minimum Gasteiger partial charge on any atom is -0.390 e. The number of fused-ring (bicyclic) bond motifs is 1. The quantitative estimate of drug-likeness (QED) is 0.271. The Morgan fingerprint density at radius 3 is 2.60 bits per heavy atom. The minimum atomic E-state index is -3.03. The maximum absolute atomic E-state index is 11.9. The molecule has 2 aliphatic rings. The van der Waals surface area contributed by atoms with Gasteiger partial charge in [0.15, 0.2) is 11.0 Å². The molecule has 12 heteroatoms. The molecule has 3 aromatic heterocycles. The second kappa shape index (κ2) is 10.5. The third-order valence-electron chi connectivity index (χ3n) is 8.53. The SMILES string of the molecule is CC(C)c1ccc(N2C[C@H](CS(C)(=O)=O)[C@H]2C)c2cnc(Nc3ccnc(-c4cn(C5CC(C)(O)C5)nc4Cl)n3)cc12. The Kier molecular flexibility index (Phi) is 7.18. The van der Waals surface area contributed by atoms with Crippen molar-refractivity contribution in [3.05, 3.63) is 53.6 Å². The van der Waals surface area contributed by atoms with Gasteiger partial charge in [0.05, 0.1) is 23.0 Å². The second-order valence-electron chi connectivity index (χ2n) is 12.5. The molecule has 42 heavy (non-hydrogen) atoms. The van der Waals surface area contributed by atoms with Crippen LogP contribution >= 0.6 is 11.6 Å². The average molecular weight is 610 g/mol. The molecule has 0 radical (unpaired) electrons. The summed E-state index contributed by atoms with van der Waals surface area (Å²) in [7, 11) is -3.03. The maximum atomic E-state index is 11.9. The van der Waals surface area contributed by atoms with E-state index in [2.05, 4.69) is 53.2 Å². The van der Waals surface area contributed by atoms with Crippen LogP contribution in [-0.4, -0.2) is 68.5 Å². The normalized spacial score (nSPS) is 24.1. The number of halogens is 1. The largest absolute Gasteiger partial charge is 0.390 e. The summed E-state index contributed by atoms with van der Waals surface area (Å²) in [6.45, 7) is 8.95. The Hall–Kier alpha value is -3.28. The first-order valence-corrected chi connectivity index (χ1v) is 16.7. The fourth-order valence-corrected chi connectivity index (χ4v) is 7.58. The van der Waals surface area contributed by atoms with Crippen LogP contribution in [0.2, 0.25) is 5.15 Å². The Morgan fingerprint density at radius 1 is 1.17 bits per heavy atom. The van der Waals surface area contributed by atoms with Crippen LogP contribution in [0.4, 0.5) is 17.3 Å². The van der Waals surface area contributed by atoms with Gasteiger partial charge in [-0.2, -0.15) is 5.10 Å². The molecular formula is C30H36ClN7O3S. The van der Waals surface area contributed by atoms with Crippen LogP contribution in [-0.2, 0) is 9.84 Å². The van der Waals surface area contributed by atoms with Gasteiger partial charge in [-0.05, 0) is 61.8 Å². The first kappa shape index (κ1) is 28.8. The van der Waals surface area contributed by atoms with Gasteiger partial charge in [-0.1, -0.05) is 31.5 Å². The molecule has 6 rings (SSSR count). The van der Waals surface area contributed by atoms with Gasteiger partial charge in [-0.25, -0.2) is 23.4 Å². The summed E-state index contributed by atoms with van der Waals surface area (Å²) < 4.78 is 25.5. The number of rotatable bonds is 8. The van der Waals surface area contributed by atoms with Crippen LogP contribution in [0.5, 0.6) is 0 Å². The van der Waals surface area contributed by atoms with Crippen LogP contribution in [0.3, 0.4) is 0 Å². The zero-order chi connectivity index (χ0) is 30.0. The number of hydrogen-bond donors (Lipinski definition) is 2. The van der Waals surface area contributed by atoms with E-state index in [0.29, 0.717) is 53.5 Å². The summed E-state index contributed by atoms with van der Waals surface area (Å²) >= 11 is 6.47. The molecule has 2 fully saturated rings. The molecule has 1 aliphatic heterocycles. The lowest BCUT2D eigenvalue weighted by molar-refractivity contribution is -0.0542. The predicted octanol–water partition coefficient (Wildman–Crippen LogP) is 5.36. The first-order chi connectivity index (χ1) is 19.8. The van der Waals surface area contributed by atoms with E-state index in [1.165, 1.54) is 11.8 Å². The van der Waals surface area contributed by atoms with Crippen molar-refractivity contribution < 1.29 is 13.5 Å². The van der Waals surface area contributed by atoms with Crippen molar-refractivity contribution in [2.24, 2.45) is 5.92 Å². The van der Waals surface area contributed by atoms with E-state index in [9.17, 15) is 13.5 Å². The number of pyridine rings is 1. The van der Waals surface area contributed by atoms with Gasteiger partial charge in [-0.3, -0.25) is 4.68 Å². The van der Waals surface area contributed by atoms with Crippen molar-refractivity contribution in [1.82, 2.24) is 24.7 Å². The molecule has 1 aromatic carbocycles. The Labute approximate surface area is 251 Å². The molecule has 0 unspecified atom stereocenters. The third-order valence-corrected chi connectivity index (χ3v) is 9.84. The van der Waals surface area contributed by atoms with Crippen LogP contribution in [0.1, 0.15) is 58.1 Å². The summed E-state index contributed by atoms with van der Waals surface area (Å²) in [6, 6.07) is 8.33. The zero-order valence-electron chi connectivity index (χ0n) is 24.4. The van der Waals surface area contributed by atoms with Gasteiger partial charge < -0.3 is 15.3 Å². The lowest BCUT2D eigenvalue weighted by Crippen LogP contribution is -2.57. The molecule has 4 heterocycles. The Balaban J connectivity index is 1.27. The molecule has 10 nitrogen and oxygen atoms in total. The number of nitrogens with zero attached hydrogens (tertiary/aromatic N) is 6. The van der Waals surface area contributed by atoms with E-state index in [1.807, 2.05) is 25.4 Å². The minimum absolute atomic E-state index is 0.0965. The Morgan fingerprint density at radius 2 is 1.93 bits per heavy atom. The number of hydrogen-bond acceptors (Lipinski definition) is 9. The van der Waals surface area contributed by atoms with E-state index in [1.54, 1.807) is 16.9 Å². The van der Waals surface area contributed by atoms with Gasteiger partial charge >= 0.3 is 0 Å². The van der Waals surface area contributed by atoms with E-state index < -0.39 is 15.4 Å². The van der Waals surface area contributed by atoms with Gasteiger partial charge in [-0.15, -0.1) is 0 Å². The number of anilines is 3. The van der Waals surface area contributed by atoms with Gasteiger partial charge in [0.25, 0.3) is 0 Å². The van der Waals surface area contributed by atoms with Crippen molar-refractivity contribution in [2.75, 3.05) is 28.8 Å². The van der Waals surface area contributed by atoms with Gasteiger partial charge in [0, 0.05) is 54.4 Å². The number of nitrogens with one attached hydrogen (secondary N) is 1. The summed E-state index contributed by atoms with van der Waals surface area (Å²) in [5, 5.41) is 20.3.